The van der Waals surface area contributed by atoms with E-state index in [4.69, 9.17) is 4.74 Å². The quantitative estimate of drug-likeness (QED) is 0.461. The van der Waals surface area contributed by atoms with Crippen LogP contribution in [-0.2, 0) is 4.74 Å². The second-order valence-electron chi connectivity index (χ2n) is 8.03. The monoisotopic (exact) mass is 415 g/mol. The summed E-state index contributed by atoms with van der Waals surface area (Å²) in [5.74, 6) is 0. The fraction of sp³-hybridized carbons (Fsp3) is 0.619. The Morgan fingerprint density at radius 2 is 1.79 bits per heavy atom. The first-order valence-electron chi connectivity index (χ1n) is 9.58. The molecule has 0 aromatic rings. The lowest BCUT2D eigenvalue weighted by atomic mass is 9.97. The largest absolute Gasteiger partial charge is 0.444 e. The Balaban J connectivity index is 3.25. The van der Waals surface area contributed by atoms with Crippen LogP contribution in [-0.4, -0.2) is 59.1 Å². The smallest absolute Gasteiger partial charge is 0.416 e. The van der Waals surface area contributed by atoms with Crippen molar-refractivity contribution in [1.29, 1.82) is 0 Å². The highest BCUT2D eigenvalue weighted by molar-refractivity contribution is 6.03. The third-order valence-corrected chi connectivity index (χ3v) is 4.58. The summed E-state index contributed by atoms with van der Waals surface area (Å²) in [6, 6.07) is -0.186. The number of alkyl halides is 3. The molecule has 1 amide bonds. The fourth-order valence-corrected chi connectivity index (χ4v) is 3.39. The molecule has 0 saturated carbocycles. The maximum atomic E-state index is 13.6. The Morgan fingerprint density at radius 3 is 2.21 bits per heavy atom. The van der Waals surface area contributed by atoms with Gasteiger partial charge in [0.1, 0.15) is 5.60 Å². The molecular formula is C21H32F3N3O2. The van der Waals surface area contributed by atoms with Crippen molar-refractivity contribution in [2.45, 2.75) is 66.3 Å². The number of nitrogens with zero attached hydrogens (tertiary/aromatic N) is 3. The van der Waals surface area contributed by atoms with Crippen LogP contribution in [0.4, 0.5) is 18.0 Å². The summed E-state index contributed by atoms with van der Waals surface area (Å²) in [6.45, 7) is 16.4. The second-order valence-corrected chi connectivity index (χ2v) is 8.03. The standard InChI is InChI=1S/C21H32F3N3O2/c1-9-17(21(22,23)24)18(15(4)25-10-2)16(5)27-12-11-26(13-14(27)3)19(28)29-20(6,7)8/h9-10,14H,2,11-13H2,1,3-8H3/b17-9+,18-16-,25-15?/t14-/m0/s1. The summed E-state index contributed by atoms with van der Waals surface area (Å²) >= 11 is 0. The van der Waals surface area contributed by atoms with Crippen molar-refractivity contribution in [1.82, 2.24) is 9.80 Å². The molecule has 5 nitrogen and oxygen atoms in total. The molecule has 0 aliphatic carbocycles. The van der Waals surface area contributed by atoms with Crippen LogP contribution < -0.4 is 0 Å². The minimum Gasteiger partial charge on any atom is -0.444 e. The zero-order chi connectivity index (χ0) is 22.6. The maximum Gasteiger partial charge on any atom is 0.416 e. The van der Waals surface area contributed by atoms with Gasteiger partial charge in [0.2, 0.25) is 0 Å². The number of hydrogen-bond donors (Lipinski definition) is 0. The molecule has 0 radical (unpaired) electrons. The Kier molecular flexibility index (Phi) is 8.12. The minimum absolute atomic E-state index is 0.0393. The first kappa shape index (κ1) is 24.8. The highest BCUT2D eigenvalue weighted by Gasteiger charge is 2.39. The van der Waals surface area contributed by atoms with Gasteiger partial charge in [-0.1, -0.05) is 12.7 Å². The summed E-state index contributed by atoms with van der Waals surface area (Å²) in [4.78, 5) is 19.8. The van der Waals surface area contributed by atoms with E-state index in [0.717, 1.165) is 6.08 Å². The van der Waals surface area contributed by atoms with Crippen molar-refractivity contribution in [2.75, 3.05) is 19.6 Å². The van der Waals surface area contributed by atoms with E-state index in [0.29, 0.717) is 25.3 Å². The number of carbonyl (C=O) groups excluding carboxylic acids is 1. The Bertz CT molecular complexity index is 716. The number of aliphatic imine (C=N–C) groups is 1. The van der Waals surface area contributed by atoms with Crippen molar-refractivity contribution >= 4 is 11.8 Å². The van der Waals surface area contributed by atoms with Gasteiger partial charge in [-0.2, -0.15) is 13.2 Å². The van der Waals surface area contributed by atoms with Crippen molar-refractivity contribution < 1.29 is 22.7 Å². The average molecular weight is 416 g/mol. The predicted molar refractivity (Wildman–Crippen MR) is 110 cm³/mol. The third-order valence-electron chi connectivity index (χ3n) is 4.58. The molecule has 164 valence electrons. The normalized spacial score (nSPS) is 20.4. The number of ether oxygens (including phenoxy) is 1. The van der Waals surface area contributed by atoms with Gasteiger partial charge in [0, 0.05) is 48.9 Å². The predicted octanol–water partition coefficient (Wildman–Crippen LogP) is 5.31. The molecular weight excluding hydrogens is 383 g/mol. The van der Waals surface area contributed by atoms with E-state index in [1.54, 1.807) is 32.6 Å². The minimum atomic E-state index is -4.51. The second kappa shape index (κ2) is 9.50. The van der Waals surface area contributed by atoms with Crippen LogP contribution in [0.5, 0.6) is 0 Å². The van der Waals surface area contributed by atoms with Crippen molar-refractivity contribution in [3.63, 3.8) is 0 Å². The number of piperazine rings is 1. The van der Waals surface area contributed by atoms with E-state index in [2.05, 4.69) is 11.6 Å². The van der Waals surface area contributed by atoms with Crippen LogP contribution in [0.2, 0.25) is 0 Å². The molecule has 8 heteroatoms. The van der Waals surface area contributed by atoms with E-state index >= 15 is 0 Å². The van der Waals surface area contributed by atoms with Crippen LogP contribution in [0, 0.1) is 0 Å². The van der Waals surface area contributed by atoms with Gasteiger partial charge < -0.3 is 14.5 Å². The lowest BCUT2D eigenvalue weighted by Gasteiger charge is -2.42. The zero-order valence-corrected chi connectivity index (χ0v) is 18.4. The molecule has 1 aliphatic heterocycles. The van der Waals surface area contributed by atoms with Gasteiger partial charge in [-0.05, 0) is 48.5 Å². The average Bonchev–Trinajstić information content (AvgIpc) is 2.56. The number of halogens is 3. The van der Waals surface area contributed by atoms with Gasteiger partial charge in [-0.3, -0.25) is 4.99 Å². The number of amides is 1. The highest BCUT2D eigenvalue weighted by Crippen LogP contribution is 2.35. The molecule has 1 aliphatic rings. The lowest BCUT2D eigenvalue weighted by molar-refractivity contribution is -0.0891. The molecule has 1 heterocycles. The first-order valence-corrected chi connectivity index (χ1v) is 9.58. The number of allylic oxidation sites excluding steroid dienone is 4. The van der Waals surface area contributed by atoms with Crippen molar-refractivity contribution in [3.8, 4) is 0 Å². The van der Waals surface area contributed by atoms with E-state index in [-0.39, 0.29) is 17.3 Å². The number of carbonyl (C=O) groups is 1. The van der Waals surface area contributed by atoms with Crippen LogP contribution >= 0.6 is 0 Å². The van der Waals surface area contributed by atoms with E-state index in [1.165, 1.54) is 20.0 Å². The van der Waals surface area contributed by atoms with Gasteiger partial charge in [-0.25, -0.2) is 4.79 Å². The lowest BCUT2D eigenvalue weighted by Crippen LogP contribution is -2.54. The summed E-state index contributed by atoms with van der Waals surface area (Å²) in [5, 5.41) is 0. The van der Waals surface area contributed by atoms with Crippen LogP contribution in [0.25, 0.3) is 0 Å². The van der Waals surface area contributed by atoms with Crippen LogP contribution in [0.1, 0.15) is 48.5 Å². The molecule has 0 aromatic carbocycles. The van der Waals surface area contributed by atoms with Crippen molar-refractivity contribution in [3.05, 3.63) is 35.7 Å². The van der Waals surface area contributed by atoms with E-state index in [1.807, 2.05) is 11.8 Å². The molecule has 0 aromatic heterocycles. The SMILES string of the molecule is C=CN=C(C)C(/C(=C\C)C(F)(F)F)=C(\C)N1CCN(C(=O)OC(C)(C)C)C[C@@H]1C. The van der Waals surface area contributed by atoms with Gasteiger partial charge in [0.25, 0.3) is 0 Å². The van der Waals surface area contributed by atoms with Gasteiger partial charge in [-0.15, -0.1) is 0 Å². The van der Waals surface area contributed by atoms with E-state index < -0.39 is 23.4 Å². The number of rotatable bonds is 4. The molecule has 1 saturated heterocycles. The Morgan fingerprint density at radius 1 is 1.21 bits per heavy atom. The molecule has 0 N–H and O–H groups in total. The Hall–Kier alpha value is -2.25. The molecule has 0 bridgehead atoms. The summed E-state index contributed by atoms with van der Waals surface area (Å²) < 4.78 is 46.4. The van der Waals surface area contributed by atoms with Crippen LogP contribution in [0.15, 0.2) is 40.7 Å². The van der Waals surface area contributed by atoms with Gasteiger partial charge in [0.15, 0.2) is 0 Å². The molecule has 0 spiro atoms. The zero-order valence-electron chi connectivity index (χ0n) is 18.4. The summed E-state index contributed by atoms with van der Waals surface area (Å²) in [7, 11) is 0. The first-order chi connectivity index (χ1) is 13.2. The topological polar surface area (TPSA) is 45.1 Å². The van der Waals surface area contributed by atoms with E-state index in [9.17, 15) is 18.0 Å². The van der Waals surface area contributed by atoms with Crippen LogP contribution in [0.3, 0.4) is 0 Å². The Labute approximate surface area is 171 Å². The number of hydrogen-bond acceptors (Lipinski definition) is 4. The molecule has 1 fully saturated rings. The maximum absolute atomic E-state index is 13.6. The molecule has 29 heavy (non-hydrogen) atoms. The van der Waals surface area contributed by atoms with Gasteiger partial charge in [0.05, 0.1) is 5.57 Å². The summed E-state index contributed by atoms with van der Waals surface area (Å²) in [6.07, 6.45) is -2.64. The highest BCUT2D eigenvalue weighted by atomic mass is 19.4. The van der Waals surface area contributed by atoms with Crippen molar-refractivity contribution in [2.24, 2.45) is 4.99 Å². The van der Waals surface area contributed by atoms with Gasteiger partial charge >= 0.3 is 12.3 Å². The molecule has 1 rings (SSSR count). The summed E-state index contributed by atoms with van der Waals surface area (Å²) in [5.41, 5.74) is -0.594. The fourth-order valence-electron chi connectivity index (χ4n) is 3.39. The third kappa shape index (κ3) is 6.65. The molecule has 1 atom stereocenters. The molecule has 0 unspecified atom stereocenters.